The van der Waals surface area contributed by atoms with Gasteiger partial charge in [0.2, 0.25) is 5.91 Å². The number of aryl methyl sites for hydroxylation is 2. The van der Waals surface area contributed by atoms with Gasteiger partial charge in [0.25, 0.3) is 0 Å². The van der Waals surface area contributed by atoms with E-state index in [1.807, 2.05) is 22.6 Å². The van der Waals surface area contributed by atoms with Gasteiger partial charge < -0.3 is 9.47 Å². The van der Waals surface area contributed by atoms with Crippen LogP contribution in [-0.4, -0.2) is 26.9 Å². The molecule has 1 saturated heterocycles. The Balaban J connectivity index is 1.83. The van der Waals surface area contributed by atoms with Crippen LogP contribution in [0.5, 0.6) is 0 Å². The van der Waals surface area contributed by atoms with Gasteiger partial charge in [-0.1, -0.05) is 18.2 Å². The third-order valence-corrected chi connectivity index (χ3v) is 4.78. The van der Waals surface area contributed by atoms with Crippen LogP contribution in [0.1, 0.15) is 48.5 Å². The fourth-order valence-corrected chi connectivity index (χ4v) is 3.21. The molecule has 0 unspecified atom stereocenters. The highest BCUT2D eigenvalue weighted by Gasteiger charge is 2.32. The lowest BCUT2D eigenvalue weighted by atomic mass is 9.99. The molecule has 1 aliphatic rings. The van der Waals surface area contributed by atoms with Gasteiger partial charge in [0.1, 0.15) is 6.04 Å². The Bertz CT molecular complexity index is 663. The standard InChI is InChI=1S/C18H23N3O/c1-13-6-7-16(11-14(13)2)17-5-4-9-21(17)18(22)15(3)20-10-8-19-12-20/h6-8,10-12,15,17H,4-5,9H2,1-3H3/t15-,17+/m0/s1. The molecule has 2 atom stereocenters. The van der Waals surface area contributed by atoms with Crippen molar-refractivity contribution in [2.75, 3.05) is 6.54 Å². The molecule has 1 aromatic heterocycles. The number of hydrogen-bond donors (Lipinski definition) is 0. The molecular formula is C18H23N3O. The molecule has 4 heteroatoms. The van der Waals surface area contributed by atoms with Gasteiger partial charge in [-0.05, 0) is 50.3 Å². The van der Waals surface area contributed by atoms with Crippen LogP contribution in [0.4, 0.5) is 0 Å². The molecule has 0 bridgehead atoms. The van der Waals surface area contributed by atoms with Crippen LogP contribution in [0.15, 0.2) is 36.9 Å². The summed E-state index contributed by atoms with van der Waals surface area (Å²) in [5.41, 5.74) is 3.85. The van der Waals surface area contributed by atoms with Gasteiger partial charge in [0.15, 0.2) is 0 Å². The summed E-state index contributed by atoms with van der Waals surface area (Å²) in [6.45, 7) is 7.04. The molecule has 0 radical (unpaired) electrons. The molecule has 4 nitrogen and oxygen atoms in total. The van der Waals surface area contributed by atoms with Crippen molar-refractivity contribution in [2.45, 2.75) is 45.7 Å². The van der Waals surface area contributed by atoms with Gasteiger partial charge >= 0.3 is 0 Å². The van der Waals surface area contributed by atoms with Gasteiger partial charge in [0.05, 0.1) is 12.4 Å². The average Bonchev–Trinajstić information content (AvgIpc) is 3.19. The number of likely N-dealkylation sites (tertiary alicyclic amines) is 1. The van der Waals surface area contributed by atoms with Gasteiger partial charge in [-0.3, -0.25) is 4.79 Å². The minimum Gasteiger partial charge on any atom is -0.334 e. The maximum absolute atomic E-state index is 12.9. The van der Waals surface area contributed by atoms with Crippen molar-refractivity contribution in [3.05, 3.63) is 53.6 Å². The molecule has 3 rings (SSSR count). The van der Waals surface area contributed by atoms with E-state index in [0.717, 1.165) is 19.4 Å². The van der Waals surface area contributed by atoms with Crippen molar-refractivity contribution in [2.24, 2.45) is 0 Å². The molecule has 2 aromatic rings. The molecule has 0 spiro atoms. The predicted molar refractivity (Wildman–Crippen MR) is 86.5 cm³/mol. The van der Waals surface area contributed by atoms with Crippen LogP contribution >= 0.6 is 0 Å². The lowest BCUT2D eigenvalue weighted by molar-refractivity contribution is -0.135. The van der Waals surface area contributed by atoms with Crippen molar-refractivity contribution >= 4 is 5.91 Å². The summed E-state index contributed by atoms with van der Waals surface area (Å²) in [7, 11) is 0. The van der Waals surface area contributed by atoms with Crippen molar-refractivity contribution in [3.63, 3.8) is 0 Å². The van der Waals surface area contributed by atoms with E-state index in [1.165, 1.54) is 16.7 Å². The summed E-state index contributed by atoms with van der Waals surface area (Å²) >= 11 is 0. The number of imidazole rings is 1. The molecule has 1 fully saturated rings. The summed E-state index contributed by atoms with van der Waals surface area (Å²) in [6, 6.07) is 6.56. The fraction of sp³-hybridized carbons (Fsp3) is 0.444. The van der Waals surface area contributed by atoms with Gasteiger partial charge in [-0.15, -0.1) is 0 Å². The van der Waals surface area contributed by atoms with Crippen LogP contribution in [-0.2, 0) is 4.79 Å². The Labute approximate surface area is 131 Å². The summed E-state index contributed by atoms with van der Waals surface area (Å²) in [5, 5.41) is 0. The molecule has 22 heavy (non-hydrogen) atoms. The van der Waals surface area contributed by atoms with Gasteiger partial charge in [0, 0.05) is 18.9 Å². The normalized spacial score (nSPS) is 19.4. The lowest BCUT2D eigenvalue weighted by Gasteiger charge is -2.28. The lowest BCUT2D eigenvalue weighted by Crippen LogP contribution is -2.35. The van der Waals surface area contributed by atoms with E-state index in [-0.39, 0.29) is 18.0 Å². The van der Waals surface area contributed by atoms with E-state index in [0.29, 0.717) is 0 Å². The van der Waals surface area contributed by atoms with Crippen molar-refractivity contribution in [1.82, 2.24) is 14.5 Å². The molecule has 116 valence electrons. The first-order chi connectivity index (χ1) is 10.6. The second-order valence-corrected chi connectivity index (χ2v) is 6.22. The maximum atomic E-state index is 12.9. The highest BCUT2D eigenvalue weighted by molar-refractivity contribution is 5.80. The van der Waals surface area contributed by atoms with Crippen LogP contribution in [0, 0.1) is 13.8 Å². The van der Waals surface area contributed by atoms with E-state index in [1.54, 1.807) is 12.5 Å². The largest absolute Gasteiger partial charge is 0.334 e. The topological polar surface area (TPSA) is 38.1 Å². The Morgan fingerprint density at radius 3 is 2.82 bits per heavy atom. The minimum absolute atomic E-state index is 0.179. The van der Waals surface area contributed by atoms with Crippen LogP contribution in [0.2, 0.25) is 0 Å². The zero-order valence-electron chi connectivity index (χ0n) is 13.5. The van der Waals surface area contributed by atoms with E-state index in [9.17, 15) is 4.79 Å². The van der Waals surface area contributed by atoms with E-state index >= 15 is 0 Å². The number of carbonyl (C=O) groups excluding carboxylic acids is 1. The molecule has 0 aliphatic carbocycles. The van der Waals surface area contributed by atoms with Crippen molar-refractivity contribution in [3.8, 4) is 0 Å². The Hall–Kier alpha value is -2.10. The average molecular weight is 297 g/mol. The smallest absolute Gasteiger partial charge is 0.245 e. The number of rotatable bonds is 3. The van der Waals surface area contributed by atoms with E-state index < -0.39 is 0 Å². The first-order valence-corrected chi connectivity index (χ1v) is 7.93. The minimum atomic E-state index is -0.199. The second-order valence-electron chi connectivity index (χ2n) is 6.22. The first-order valence-electron chi connectivity index (χ1n) is 7.93. The Morgan fingerprint density at radius 1 is 1.32 bits per heavy atom. The molecule has 1 amide bonds. The zero-order chi connectivity index (χ0) is 15.7. The van der Waals surface area contributed by atoms with Crippen molar-refractivity contribution < 1.29 is 4.79 Å². The Morgan fingerprint density at radius 2 is 2.14 bits per heavy atom. The van der Waals surface area contributed by atoms with E-state index in [2.05, 4.69) is 37.0 Å². The molecule has 0 saturated carbocycles. The highest BCUT2D eigenvalue weighted by Crippen LogP contribution is 2.34. The summed E-state index contributed by atoms with van der Waals surface area (Å²) in [5.74, 6) is 0.179. The van der Waals surface area contributed by atoms with Crippen LogP contribution in [0.3, 0.4) is 0 Å². The third kappa shape index (κ3) is 2.65. The number of benzene rings is 1. The first kappa shape index (κ1) is 14.8. The number of hydrogen-bond acceptors (Lipinski definition) is 2. The molecule has 1 aromatic carbocycles. The van der Waals surface area contributed by atoms with E-state index in [4.69, 9.17) is 0 Å². The molecule has 2 heterocycles. The van der Waals surface area contributed by atoms with Crippen LogP contribution in [0.25, 0.3) is 0 Å². The number of nitrogens with zero attached hydrogens (tertiary/aromatic N) is 3. The zero-order valence-corrected chi connectivity index (χ0v) is 13.5. The third-order valence-electron chi connectivity index (χ3n) is 4.78. The maximum Gasteiger partial charge on any atom is 0.245 e. The summed E-state index contributed by atoms with van der Waals surface area (Å²) in [6.07, 6.45) is 7.40. The summed E-state index contributed by atoms with van der Waals surface area (Å²) in [4.78, 5) is 18.9. The van der Waals surface area contributed by atoms with Crippen molar-refractivity contribution in [1.29, 1.82) is 0 Å². The fourth-order valence-electron chi connectivity index (χ4n) is 3.21. The molecule has 1 aliphatic heterocycles. The summed E-state index contributed by atoms with van der Waals surface area (Å²) < 4.78 is 1.87. The second kappa shape index (κ2) is 5.95. The quantitative estimate of drug-likeness (QED) is 0.870. The van der Waals surface area contributed by atoms with Crippen LogP contribution < -0.4 is 0 Å². The predicted octanol–water partition coefficient (Wildman–Crippen LogP) is 3.42. The highest BCUT2D eigenvalue weighted by atomic mass is 16.2. The number of amides is 1. The monoisotopic (exact) mass is 297 g/mol. The van der Waals surface area contributed by atoms with Gasteiger partial charge in [-0.2, -0.15) is 0 Å². The molecule has 0 N–H and O–H groups in total. The molecular weight excluding hydrogens is 274 g/mol. The number of carbonyl (C=O) groups is 1. The number of aromatic nitrogens is 2. The Kier molecular flexibility index (Phi) is 4.01. The SMILES string of the molecule is Cc1ccc([C@H]2CCCN2C(=O)[C@H](C)n2ccnc2)cc1C. The van der Waals surface area contributed by atoms with Gasteiger partial charge in [-0.25, -0.2) is 4.98 Å².